The molecule has 0 aliphatic heterocycles. The van der Waals surface area contributed by atoms with E-state index in [4.69, 9.17) is 0 Å². The van der Waals surface area contributed by atoms with Gasteiger partial charge in [0.15, 0.2) is 0 Å². The van der Waals surface area contributed by atoms with Crippen molar-refractivity contribution in [1.82, 2.24) is 14.9 Å². The highest BCUT2D eigenvalue weighted by molar-refractivity contribution is 4.92. The van der Waals surface area contributed by atoms with Crippen LogP contribution in [0.25, 0.3) is 0 Å². The molecule has 0 fully saturated rings. The molecular formula is C12H23N3O. The lowest BCUT2D eigenvalue weighted by Gasteiger charge is -2.11. The maximum Gasteiger partial charge on any atom is 0.122 e. The van der Waals surface area contributed by atoms with E-state index in [2.05, 4.69) is 28.7 Å². The zero-order valence-electron chi connectivity index (χ0n) is 10.5. The standard InChI is InChI=1S/C12H23N3O/c1-10(2)8-13-9-12-14-5-7-15(12)6-4-11(3)16/h5,7,10-11,13,16H,4,6,8-9H2,1-3H3. The highest BCUT2D eigenvalue weighted by atomic mass is 16.3. The summed E-state index contributed by atoms with van der Waals surface area (Å²) in [5.74, 6) is 1.70. The highest BCUT2D eigenvalue weighted by Crippen LogP contribution is 2.01. The van der Waals surface area contributed by atoms with Crippen molar-refractivity contribution in [3.63, 3.8) is 0 Å². The molecule has 0 bridgehead atoms. The number of aryl methyl sites for hydroxylation is 1. The molecule has 1 atom stereocenters. The van der Waals surface area contributed by atoms with E-state index in [1.165, 1.54) is 0 Å². The molecule has 4 nitrogen and oxygen atoms in total. The van der Waals surface area contributed by atoms with Crippen LogP contribution in [0.1, 0.15) is 33.0 Å². The van der Waals surface area contributed by atoms with Crippen LogP contribution in [0.3, 0.4) is 0 Å². The molecule has 0 aliphatic rings. The Morgan fingerprint density at radius 1 is 1.44 bits per heavy atom. The summed E-state index contributed by atoms with van der Waals surface area (Å²) in [5.41, 5.74) is 0. The van der Waals surface area contributed by atoms with Gasteiger partial charge in [-0.3, -0.25) is 0 Å². The summed E-state index contributed by atoms with van der Waals surface area (Å²) in [7, 11) is 0. The Labute approximate surface area is 97.7 Å². The Bertz CT molecular complexity index is 294. The number of imidazole rings is 1. The maximum atomic E-state index is 9.24. The quantitative estimate of drug-likeness (QED) is 0.737. The smallest absolute Gasteiger partial charge is 0.122 e. The van der Waals surface area contributed by atoms with Gasteiger partial charge in [-0.25, -0.2) is 4.98 Å². The number of aliphatic hydroxyl groups is 1. The molecular weight excluding hydrogens is 202 g/mol. The van der Waals surface area contributed by atoms with Crippen molar-refractivity contribution in [3.8, 4) is 0 Å². The van der Waals surface area contributed by atoms with E-state index in [1.54, 1.807) is 0 Å². The number of hydrogen-bond donors (Lipinski definition) is 2. The third-order valence-corrected chi connectivity index (χ3v) is 2.43. The van der Waals surface area contributed by atoms with E-state index in [0.29, 0.717) is 5.92 Å². The number of rotatable bonds is 7. The molecule has 2 N–H and O–H groups in total. The van der Waals surface area contributed by atoms with Crippen LogP contribution < -0.4 is 5.32 Å². The first kappa shape index (κ1) is 13.2. The third-order valence-electron chi connectivity index (χ3n) is 2.43. The monoisotopic (exact) mass is 225 g/mol. The van der Waals surface area contributed by atoms with Crippen molar-refractivity contribution in [2.24, 2.45) is 5.92 Å². The summed E-state index contributed by atoms with van der Waals surface area (Å²) in [6, 6.07) is 0. The summed E-state index contributed by atoms with van der Waals surface area (Å²) in [5, 5.41) is 12.6. The normalized spacial score (nSPS) is 13.3. The average Bonchev–Trinajstić information content (AvgIpc) is 2.62. The number of nitrogens with one attached hydrogen (secondary N) is 1. The lowest BCUT2D eigenvalue weighted by atomic mass is 10.2. The van der Waals surface area contributed by atoms with Gasteiger partial charge < -0.3 is 15.0 Å². The molecule has 92 valence electrons. The summed E-state index contributed by atoms with van der Waals surface area (Å²) < 4.78 is 2.10. The lowest BCUT2D eigenvalue weighted by molar-refractivity contribution is 0.177. The van der Waals surface area contributed by atoms with Crippen LogP contribution in [0.15, 0.2) is 12.4 Å². The molecule has 16 heavy (non-hydrogen) atoms. The van der Waals surface area contributed by atoms with Crippen molar-refractivity contribution in [2.45, 2.75) is 46.4 Å². The average molecular weight is 225 g/mol. The summed E-state index contributed by atoms with van der Waals surface area (Å²) in [4.78, 5) is 4.31. The topological polar surface area (TPSA) is 50.1 Å². The SMILES string of the molecule is CC(C)CNCc1nccn1CCC(C)O. The molecule has 1 aromatic heterocycles. The van der Waals surface area contributed by atoms with Crippen molar-refractivity contribution in [1.29, 1.82) is 0 Å². The summed E-state index contributed by atoms with van der Waals surface area (Å²) in [6.07, 6.45) is 4.30. The first-order chi connectivity index (χ1) is 7.59. The Hall–Kier alpha value is -0.870. The lowest BCUT2D eigenvalue weighted by Crippen LogP contribution is -2.21. The molecule has 0 aliphatic carbocycles. The van der Waals surface area contributed by atoms with Gasteiger partial charge >= 0.3 is 0 Å². The Balaban J connectivity index is 2.38. The van der Waals surface area contributed by atoms with Crippen LogP contribution in [0.4, 0.5) is 0 Å². The van der Waals surface area contributed by atoms with Gasteiger partial charge in [-0.15, -0.1) is 0 Å². The van der Waals surface area contributed by atoms with Gasteiger partial charge in [0.05, 0.1) is 12.6 Å². The van der Waals surface area contributed by atoms with Gasteiger partial charge in [-0.1, -0.05) is 13.8 Å². The first-order valence-corrected chi connectivity index (χ1v) is 5.98. The van der Waals surface area contributed by atoms with Crippen molar-refractivity contribution in [3.05, 3.63) is 18.2 Å². The molecule has 1 heterocycles. The number of nitrogens with zero attached hydrogens (tertiary/aromatic N) is 2. The number of aliphatic hydroxyl groups excluding tert-OH is 1. The zero-order valence-corrected chi connectivity index (χ0v) is 10.5. The fourth-order valence-electron chi connectivity index (χ4n) is 1.51. The minimum Gasteiger partial charge on any atom is -0.393 e. The van der Waals surface area contributed by atoms with E-state index in [9.17, 15) is 5.11 Å². The van der Waals surface area contributed by atoms with E-state index in [1.807, 2.05) is 19.3 Å². The minimum atomic E-state index is -0.251. The van der Waals surface area contributed by atoms with Gasteiger partial charge in [0.1, 0.15) is 5.82 Å². The second-order valence-corrected chi connectivity index (χ2v) is 4.70. The second-order valence-electron chi connectivity index (χ2n) is 4.70. The summed E-state index contributed by atoms with van der Waals surface area (Å²) >= 11 is 0. The first-order valence-electron chi connectivity index (χ1n) is 5.98. The van der Waals surface area contributed by atoms with E-state index < -0.39 is 0 Å². The van der Waals surface area contributed by atoms with Gasteiger partial charge in [0, 0.05) is 18.9 Å². The van der Waals surface area contributed by atoms with Crippen molar-refractivity contribution >= 4 is 0 Å². The molecule has 4 heteroatoms. The molecule has 0 amide bonds. The summed E-state index contributed by atoms with van der Waals surface area (Å²) in [6.45, 7) is 8.82. The zero-order chi connectivity index (χ0) is 12.0. The van der Waals surface area contributed by atoms with Crippen LogP contribution in [0.2, 0.25) is 0 Å². The van der Waals surface area contributed by atoms with Gasteiger partial charge in [0.2, 0.25) is 0 Å². The molecule has 1 aromatic rings. The molecule has 0 aromatic carbocycles. The molecule has 1 unspecified atom stereocenters. The van der Waals surface area contributed by atoms with Gasteiger partial charge in [0.25, 0.3) is 0 Å². The van der Waals surface area contributed by atoms with Crippen LogP contribution in [0, 0.1) is 5.92 Å². The molecule has 0 saturated carbocycles. The fraction of sp³-hybridized carbons (Fsp3) is 0.750. The van der Waals surface area contributed by atoms with Crippen molar-refractivity contribution < 1.29 is 5.11 Å². The van der Waals surface area contributed by atoms with Gasteiger partial charge in [-0.2, -0.15) is 0 Å². The second kappa shape index (κ2) is 6.66. The predicted octanol–water partition coefficient (Wildman–Crippen LogP) is 1.40. The maximum absolute atomic E-state index is 9.24. The largest absolute Gasteiger partial charge is 0.393 e. The number of aromatic nitrogens is 2. The van der Waals surface area contributed by atoms with Crippen LogP contribution in [-0.4, -0.2) is 27.3 Å². The van der Waals surface area contributed by atoms with E-state index in [0.717, 1.165) is 31.9 Å². The molecule has 1 rings (SSSR count). The van der Waals surface area contributed by atoms with Crippen LogP contribution in [-0.2, 0) is 13.1 Å². The molecule has 0 saturated heterocycles. The Morgan fingerprint density at radius 3 is 2.81 bits per heavy atom. The van der Waals surface area contributed by atoms with E-state index in [-0.39, 0.29) is 6.10 Å². The van der Waals surface area contributed by atoms with Gasteiger partial charge in [-0.05, 0) is 25.8 Å². The van der Waals surface area contributed by atoms with Crippen molar-refractivity contribution in [2.75, 3.05) is 6.54 Å². The molecule has 0 spiro atoms. The molecule has 0 radical (unpaired) electrons. The number of hydrogen-bond acceptors (Lipinski definition) is 3. The predicted molar refractivity (Wildman–Crippen MR) is 65.1 cm³/mol. The Kier molecular flexibility index (Phi) is 5.49. The fourth-order valence-corrected chi connectivity index (χ4v) is 1.51. The Morgan fingerprint density at radius 2 is 2.19 bits per heavy atom. The third kappa shape index (κ3) is 4.77. The highest BCUT2D eigenvalue weighted by Gasteiger charge is 2.04. The van der Waals surface area contributed by atoms with Crippen LogP contribution >= 0.6 is 0 Å². The van der Waals surface area contributed by atoms with E-state index >= 15 is 0 Å². The minimum absolute atomic E-state index is 0.251. The van der Waals surface area contributed by atoms with Crippen LogP contribution in [0.5, 0.6) is 0 Å².